The molecule has 2 aliphatic heterocycles. The minimum absolute atomic E-state index is 0.0623. The Morgan fingerprint density at radius 1 is 0.907 bits per heavy atom. The zero-order valence-corrected chi connectivity index (χ0v) is 38.0. The van der Waals surface area contributed by atoms with Gasteiger partial charge >= 0.3 is 5.79 Å². The largest absolute Gasteiger partial charge is 0.495 e. The number of hydrogen-bond donors (Lipinski definition) is 3. The van der Waals surface area contributed by atoms with E-state index in [-0.39, 0.29) is 24.6 Å². The van der Waals surface area contributed by atoms with Crippen LogP contribution in [0.3, 0.4) is 0 Å². The molecule has 3 N–H and O–H groups in total. The van der Waals surface area contributed by atoms with E-state index in [1.165, 1.54) is 90.4 Å². The standard InChI is InChI=1S/C40H57Br4N3O7/c1-3-4-5-6-7-8-9-10-11-12-13-14-15-16-17-18-20-34(48)45-23-21-29-25-30(41)37(31(42)26-29)52-24-19-22-46-39(50)35-38(49)40(54-47-35)27-32(43)36(51-2)33(44)28-53-40/h7-8,25-26,28,38,49H,3-6,9-24,27H2,1-2H3,(H,45,48)(H,46,50). The Bertz CT molecular complexity index is 1450. The highest BCUT2D eigenvalue weighted by atomic mass is 79.9. The highest BCUT2D eigenvalue weighted by Gasteiger charge is 2.54. The second kappa shape index (κ2) is 26.1. The lowest BCUT2D eigenvalue weighted by Gasteiger charge is -2.27. The molecule has 10 nitrogen and oxygen atoms in total. The maximum atomic E-state index is 12.8. The number of methoxy groups -OCH3 is 1. The summed E-state index contributed by atoms with van der Waals surface area (Å²) in [6.45, 7) is 3.44. The van der Waals surface area contributed by atoms with Crippen molar-refractivity contribution < 1.29 is 33.7 Å². The van der Waals surface area contributed by atoms with Crippen LogP contribution in [0.5, 0.6) is 5.75 Å². The van der Waals surface area contributed by atoms with Gasteiger partial charge in [0.25, 0.3) is 5.91 Å². The van der Waals surface area contributed by atoms with Crippen LogP contribution < -0.4 is 15.4 Å². The summed E-state index contributed by atoms with van der Waals surface area (Å²) in [5.41, 5.74) is 0.877. The smallest absolute Gasteiger partial charge is 0.311 e. The summed E-state index contributed by atoms with van der Waals surface area (Å²) >= 11 is 14.0. The Labute approximate surface area is 355 Å². The lowest BCUT2D eigenvalue weighted by molar-refractivity contribution is -0.225. The molecule has 302 valence electrons. The van der Waals surface area contributed by atoms with Crippen LogP contribution in [0.4, 0.5) is 0 Å². The van der Waals surface area contributed by atoms with Crippen molar-refractivity contribution in [2.24, 2.45) is 5.16 Å². The highest BCUT2D eigenvalue weighted by Crippen LogP contribution is 2.41. The molecular formula is C40H57Br4N3O7. The van der Waals surface area contributed by atoms with E-state index in [0.717, 1.165) is 27.4 Å². The van der Waals surface area contributed by atoms with E-state index in [2.05, 4.69) is 98.6 Å². The fourth-order valence-corrected chi connectivity index (χ4v) is 9.13. The number of aliphatic hydroxyl groups excluding tert-OH is 1. The van der Waals surface area contributed by atoms with Crippen molar-refractivity contribution in [3.05, 3.63) is 59.8 Å². The third kappa shape index (κ3) is 15.9. The topological polar surface area (TPSA) is 128 Å². The summed E-state index contributed by atoms with van der Waals surface area (Å²) in [4.78, 5) is 30.6. The SMILES string of the molecule is CCCCCC=CCCCCCCCCCCCC(=O)NCCc1cc(Br)c(OCCCNC(=O)C2=NOC3(CC(Br)=C(OC)C(Br)=CO3)C2O)c(Br)c1. The Balaban J connectivity index is 1.23. The van der Waals surface area contributed by atoms with Gasteiger partial charge in [0, 0.05) is 24.0 Å². The van der Waals surface area contributed by atoms with Gasteiger partial charge in [-0.3, -0.25) is 9.59 Å². The van der Waals surface area contributed by atoms with E-state index in [9.17, 15) is 14.7 Å². The molecule has 2 aliphatic rings. The second-order valence-electron chi connectivity index (χ2n) is 13.6. The number of nitrogens with one attached hydrogen (secondary N) is 2. The maximum absolute atomic E-state index is 12.8. The molecule has 0 bridgehead atoms. The number of carbonyl (C=O) groups is 2. The van der Waals surface area contributed by atoms with Gasteiger partial charge in [-0.2, -0.15) is 0 Å². The van der Waals surface area contributed by atoms with Gasteiger partial charge in [-0.05, 0) is 110 Å². The number of benzene rings is 1. The van der Waals surface area contributed by atoms with E-state index in [1.54, 1.807) is 0 Å². The van der Waals surface area contributed by atoms with E-state index < -0.39 is 17.8 Å². The van der Waals surface area contributed by atoms with E-state index >= 15 is 0 Å². The Hall–Kier alpha value is -1.87. The molecule has 1 aromatic rings. The lowest BCUT2D eigenvalue weighted by atomic mass is 10.0. The van der Waals surface area contributed by atoms with Crippen LogP contribution in [0, 0.1) is 0 Å². The number of unbranched alkanes of at least 4 members (excludes halogenated alkanes) is 12. The number of carbonyl (C=O) groups excluding carboxylic acids is 2. The van der Waals surface area contributed by atoms with Gasteiger partial charge in [-0.25, -0.2) is 0 Å². The quantitative estimate of drug-likeness (QED) is 0.0623. The molecule has 1 spiro atoms. The summed E-state index contributed by atoms with van der Waals surface area (Å²) in [6, 6.07) is 3.98. The minimum Gasteiger partial charge on any atom is -0.495 e. The molecule has 0 radical (unpaired) electrons. The zero-order valence-electron chi connectivity index (χ0n) is 31.7. The van der Waals surface area contributed by atoms with Crippen molar-refractivity contribution >= 4 is 81.2 Å². The molecule has 1 aromatic carbocycles. The zero-order chi connectivity index (χ0) is 39.2. The Kier molecular flexibility index (Phi) is 22.5. The predicted molar refractivity (Wildman–Crippen MR) is 229 cm³/mol. The van der Waals surface area contributed by atoms with Gasteiger partial charge in [-0.15, -0.1) is 0 Å². The van der Waals surface area contributed by atoms with Gasteiger partial charge in [0.2, 0.25) is 5.91 Å². The first-order valence-electron chi connectivity index (χ1n) is 19.3. The van der Waals surface area contributed by atoms with Gasteiger partial charge in [0.1, 0.15) is 17.8 Å². The molecule has 2 unspecified atom stereocenters. The van der Waals surface area contributed by atoms with Gasteiger partial charge in [-0.1, -0.05) is 97.9 Å². The number of hydrogen-bond acceptors (Lipinski definition) is 8. The van der Waals surface area contributed by atoms with Gasteiger partial charge in [0.15, 0.2) is 11.8 Å². The summed E-state index contributed by atoms with van der Waals surface area (Å²) in [5, 5.41) is 20.6. The van der Waals surface area contributed by atoms with Crippen LogP contribution in [0.2, 0.25) is 0 Å². The summed E-state index contributed by atoms with van der Waals surface area (Å²) in [6.07, 6.45) is 24.0. The van der Waals surface area contributed by atoms with Crippen molar-refractivity contribution in [1.82, 2.24) is 10.6 Å². The van der Waals surface area contributed by atoms with Crippen molar-refractivity contribution in [2.75, 3.05) is 26.8 Å². The molecule has 0 saturated heterocycles. The minimum atomic E-state index is -1.60. The number of nitrogens with zero attached hydrogens (tertiary/aromatic N) is 1. The average molecular weight is 1010 g/mol. The molecule has 0 saturated carbocycles. The molecule has 0 aliphatic carbocycles. The van der Waals surface area contributed by atoms with Crippen molar-refractivity contribution in [2.45, 2.75) is 134 Å². The lowest BCUT2D eigenvalue weighted by Crippen LogP contribution is -2.49. The van der Waals surface area contributed by atoms with E-state index in [0.29, 0.717) is 52.9 Å². The van der Waals surface area contributed by atoms with E-state index in [1.807, 2.05) is 12.1 Å². The van der Waals surface area contributed by atoms with Gasteiger partial charge in [0.05, 0.1) is 33.6 Å². The van der Waals surface area contributed by atoms with E-state index in [4.69, 9.17) is 19.0 Å². The average Bonchev–Trinajstić information content (AvgIpc) is 3.39. The van der Waals surface area contributed by atoms with Crippen LogP contribution >= 0.6 is 63.7 Å². The number of oxime groups is 1. The second-order valence-corrected chi connectivity index (χ2v) is 17.1. The van der Waals surface area contributed by atoms with Crippen LogP contribution in [-0.4, -0.2) is 61.3 Å². The van der Waals surface area contributed by atoms with Crippen LogP contribution in [0.15, 0.2) is 59.4 Å². The Morgan fingerprint density at radius 2 is 1.54 bits per heavy atom. The fraction of sp³-hybridized carbons (Fsp3) is 0.625. The first kappa shape index (κ1) is 46.5. The third-order valence-corrected chi connectivity index (χ3v) is 11.6. The first-order valence-corrected chi connectivity index (χ1v) is 22.5. The van der Waals surface area contributed by atoms with Crippen LogP contribution in [0.25, 0.3) is 0 Å². The molecule has 14 heteroatoms. The molecule has 0 fully saturated rings. The van der Waals surface area contributed by atoms with Crippen LogP contribution in [0.1, 0.15) is 122 Å². The van der Waals surface area contributed by atoms with Crippen LogP contribution in [-0.2, 0) is 30.3 Å². The summed E-state index contributed by atoms with van der Waals surface area (Å²) in [7, 11) is 1.51. The number of allylic oxidation sites excluding steroid dienone is 3. The number of ether oxygens (including phenoxy) is 3. The van der Waals surface area contributed by atoms with Crippen molar-refractivity contribution in [1.29, 1.82) is 0 Å². The van der Waals surface area contributed by atoms with Crippen molar-refractivity contribution in [3.63, 3.8) is 0 Å². The Morgan fingerprint density at radius 3 is 2.19 bits per heavy atom. The third-order valence-electron chi connectivity index (χ3n) is 9.20. The van der Waals surface area contributed by atoms with Crippen molar-refractivity contribution in [3.8, 4) is 5.75 Å². The molecule has 2 amide bonds. The number of amides is 2. The monoisotopic (exact) mass is 1010 g/mol. The molecular weight excluding hydrogens is 954 g/mol. The molecule has 2 atom stereocenters. The molecule has 0 aromatic heterocycles. The normalized spacial score (nSPS) is 18.2. The number of halogens is 4. The predicted octanol–water partition coefficient (Wildman–Crippen LogP) is 10.5. The first-order chi connectivity index (χ1) is 26.1. The number of rotatable bonds is 26. The maximum Gasteiger partial charge on any atom is 0.311 e. The number of aliphatic hydroxyl groups is 1. The fourth-order valence-electron chi connectivity index (χ4n) is 6.10. The summed E-state index contributed by atoms with van der Waals surface area (Å²) in [5.74, 6) is -0.930. The summed E-state index contributed by atoms with van der Waals surface area (Å²) < 4.78 is 19.7. The molecule has 54 heavy (non-hydrogen) atoms. The van der Waals surface area contributed by atoms with Gasteiger partial charge < -0.3 is 34.8 Å². The molecule has 2 heterocycles. The highest BCUT2D eigenvalue weighted by molar-refractivity contribution is 9.12. The molecule has 3 rings (SSSR count).